The van der Waals surface area contributed by atoms with Gasteiger partial charge in [0.15, 0.2) is 0 Å². The topological polar surface area (TPSA) is 68.0 Å². The number of hydrogen-bond acceptors (Lipinski definition) is 4. The van der Waals surface area contributed by atoms with E-state index in [0.29, 0.717) is 17.3 Å². The Bertz CT molecular complexity index is 644. The smallest absolute Gasteiger partial charge is 0.254 e. The number of carbonyl (C=O) groups is 1. The Morgan fingerprint density at radius 1 is 1.35 bits per heavy atom. The highest BCUT2D eigenvalue weighted by Crippen LogP contribution is 2.19. The number of hydrogen-bond donors (Lipinski definition) is 1. The van der Waals surface area contributed by atoms with Crippen LogP contribution in [-0.2, 0) is 0 Å². The number of carbonyl (C=O) groups excluding carboxylic acids is 1. The highest BCUT2D eigenvalue weighted by atomic mass is 19.1. The van der Waals surface area contributed by atoms with Gasteiger partial charge in [-0.05, 0) is 32.9 Å². The minimum absolute atomic E-state index is 0.0103. The second-order valence-corrected chi connectivity index (χ2v) is 5.54. The molecule has 5 nitrogen and oxygen atoms in total. The normalized spacial score (nSPS) is 11.4. The molecule has 2 aromatic rings. The van der Waals surface area contributed by atoms with Crippen LogP contribution in [0.15, 0.2) is 22.7 Å². The van der Waals surface area contributed by atoms with Gasteiger partial charge in [0.2, 0.25) is 11.7 Å². The summed E-state index contributed by atoms with van der Waals surface area (Å²) in [5, 5.41) is 6.42. The second-order valence-electron chi connectivity index (χ2n) is 5.54. The first-order valence-electron chi connectivity index (χ1n) is 6.19. The van der Waals surface area contributed by atoms with Gasteiger partial charge in [-0.1, -0.05) is 11.2 Å². The van der Waals surface area contributed by atoms with Crippen LogP contribution in [-0.4, -0.2) is 21.6 Å². The lowest BCUT2D eigenvalue weighted by Gasteiger charge is -2.20. The summed E-state index contributed by atoms with van der Waals surface area (Å²) >= 11 is 0. The predicted octanol–water partition coefficient (Wildman–Crippen LogP) is 2.71. The van der Waals surface area contributed by atoms with Gasteiger partial charge in [-0.25, -0.2) is 4.39 Å². The summed E-state index contributed by atoms with van der Waals surface area (Å²) in [5.74, 6) is -0.378. The largest absolute Gasteiger partial charge is 0.347 e. The number of benzene rings is 1. The number of halogens is 1. The van der Waals surface area contributed by atoms with E-state index >= 15 is 0 Å². The average Bonchev–Trinajstić information content (AvgIpc) is 2.73. The standard InChI is InChI=1S/C14H16FN3O2/c1-8-16-12(18-20-8)9-5-6-10(11(15)7-9)13(19)17-14(2,3)4/h5-7H,1-4H3,(H,17,19). The van der Waals surface area contributed by atoms with Crippen LogP contribution in [0.5, 0.6) is 0 Å². The molecule has 0 radical (unpaired) electrons. The van der Waals surface area contributed by atoms with Gasteiger partial charge in [0, 0.05) is 18.0 Å². The van der Waals surface area contributed by atoms with Crippen molar-refractivity contribution in [3.8, 4) is 11.4 Å². The molecule has 6 heteroatoms. The molecule has 0 aliphatic heterocycles. The van der Waals surface area contributed by atoms with Crippen molar-refractivity contribution in [2.45, 2.75) is 33.2 Å². The predicted molar refractivity (Wildman–Crippen MR) is 71.6 cm³/mol. The molecule has 20 heavy (non-hydrogen) atoms. The highest BCUT2D eigenvalue weighted by molar-refractivity contribution is 5.95. The number of nitrogens with one attached hydrogen (secondary N) is 1. The third-order valence-corrected chi connectivity index (χ3v) is 2.49. The fourth-order valence-electron chi connectivity index (χ4n) is 1.66. The fraction of sp³-hybridized carbons (Fsp3) is 0.357. The number of rotatable bonds is 2. The maximum Gasteiger partial charge on any atom is 0.254 e. The Labute approximate surface area is 116 Å². The van der Waals surface area contributed by atoms with Gasteiger partial charge >= 0.3 is 0 Å². The van der Waals surface area contributed by atoms with E-state index in [0.717, 1.165) is 0 Å². The first kappa shape index (κ1) is 14.2. The first-order valence-corrected chi connectivity index (χ1v) is 6.19. The van der Waals surface area contributed by atoms with Crippen molar-refractivity contribution in [2.24, 2.45) is 0 Å². The van der Waals surface area contributed by atoms with Gasteiger partial charge in [0.1, 0.15) is 5.82 Å². The Hall–Kier alpha value is -2.24. The molecular weight excluding hydrogens is 261 g/mol. The van der Waals surface area contributed by atoms with Crippen LogP contribution in [0.4, 0.5) is 4.39 Å². The summed E-state index contributed by atoms with van der Waals surface area (Å²) in [4.78, 5) is 15.9. The van der Waals surface area contributed by atoms with Crippen molar-refractivity contribution < 1.29 is 13.7 Å². The summed E-state index contributed by atoms with van der Waals surface area (Å²) in [6, 6.07) is 4.23. The first-order chi connectivity index (χ1) is 9.26. The maximum atomic E-state index is 14.0. The average molecular weight is 277 g/mol. The minimum Gasteiger partial charge on any atom is -0.347 e. The van der Waals surface area contributed by atoms with Crippen LogP contribution in [0.25, 0.3) is 11.4 Å². The van der Waals surface area contributed by atoms with Crippen LogP contribution < -0.4 is 5.32 Å². The SMILES string of the molecule is Cc1nc(-c2ccc(C(=O)NC(C)(C)C)c(F)c2)no1. The number of amides is 1. The van der Waals surface area contributed by atoms with Crippen LogP contribution in [0, 0.1) is 12.7 Å². The van der Waals surface area contributed by atoms with Gasteiger partial charge in [-0.2, -0.15) is 4.98 Å². The van der Waals surface area contributed by atoms with E-state index in [1.807, 2.05) is 20.8 Å². The zero-order chi connectivity index (χ0) is 14.9. The molecule has 0 saturated carbocycles. The summed E-state index contributed by atoms with van der Waals surface area (Å²) in [6.07, 6.45) is 0. The minimum atomic E-state index is -0.619. The summed E-state index contributed by atoms with van der Waals surface area (Å²) in [5.41, 5.74) is 0.0306. The molecule has 0 spiro atoms. The van der Waals surface area contributed by atoms with E-state index in [1.54, 1.807) is 13.0 Å². The zero-order valence-corrected chi connectivity index (χ0v) is 11.8. The van der Waals surface area contributed by atoms with Crippen molar-refractivity contribution in [3.63, 3.8) is 0 Å². The Balaban J connectivity index is 2.28. The van der Waals surface area contributed by atoms with E-state index < -0.39 is 17.3 Å². The highest BCUT2D eigenvalue weighted by Gasteiger charge is 2.19. The van der Waals surface area contributed by atoms with E-state index in [2.05, 4.69) is 15.5 Å². The van der Waals surface area contributed by atoms with Gasteiger partial charge in [0.05, 0.1) is 5.56 Å². The molecule has 0 fully saturated rings. The quantitative estimate of drug-likeness (QED) is 0.916. The Morgan fingerprint density at radius 2 is 2.05 bits per heavy atom. The molecule has 106 valence electrons. The molecule has 0 bridgehead atoms. The summed E-state index contributed by atoms with van der Waals surface area (Å²) < 4.78 is 18.9. The lowest BCUT2D eigenvalue weighted by atomic mass is 10.1. The zero-order valence-electron chi connectivity index (χ0n) is 11.8. The number of aryl methyl sites for hydroxylation is 1. The van der Waals surface area contributed by atoms with Crippen LogP contribution >= 0.6 is 0 Å². The lowest BCUT2D eigenvalue weighted by molar-refractivity contribution is 0.0915. The maximum absolute atomic E-state index is 14.0. The summed E-state index contributed by atoms with van der Waals surface area (Å²) in [7, 11) is 0. The van der Waals surface area contributed by atoms with E-state index in [9.17, 15) is 9.18 Å². The molecule has 0 saturated heterocycles. The van der Waals surface area contributed by atoms with Gasteiger partial charge in [-0.15, -0.1) is 0 Å². The van der Waals surface area contributed by atoms with E-state index in [4.69, 9.17) is 4.52 Å². The van der Waals surface area contributed by atoms with Crippen LogP contribution in [0.3, 0.4) is 0 Å². The molecule has 2 rings (SSSR count). The fourth-order valence-corrected chi connectivity index (χ4v) is 1.66. The van der Waals surface area contributed by atoms with Crippen molar-refractivity contribution in [3.05, 3.63) is 35.5 Å². The van der Waals surface area contributed by atoms with Crippen molar-refractivity contribution in [1.29, 1.82) is 0 Å². The number of nitrogens with zero attached hydrogens (tertiary/aromatic N) is 2. The molecule has 1 N–H and O–H groups in total. The summed E-state index contributed by atoms with van der Waals surface area (Å²) in [6.45, 7) is 7.15. The van der Waals surface area contributed by atoms with Crippen molar-refractivity contribution >= 4 is 5.91 Å². The Kier molecular flexibility index (Phi) is 3.57. The monoisotopic (exact) mass is 277 g/mol. The molecule has 0 aliphatic carbocycles. The Morgan fingerprint density at radius 3 is 2.55 bits per heavy atom. The van der Waals surface area contributed by atoms with Gasteiger partial charge < -0.3 is 9.84 Å². The molecule has 1 amide bonds. The van der Waals surface area contributed by atoms with Crippen molar-refractivity contribution in [1.82, 2.24) is 15.5 Å². The lowest BCUT2D eigenvalue weighted by Crippen LogP contribution is -2.40. The second kappa shape index (κ2) is 5.03. The molecule has 0 atom stereocenters. The van der Waals surface area contributed by atoms with Crippen molar-refractivity contribution in [2.75, 3.05) is 0 Å². The van der Waals surface area contributed by atoms with Crippen LogP contribution in [0.2, 0.25) is 0 Å². The van der Waals surface area contributed by atoms with E-state index in [1.165, 1.54) is 12.1 Å². The molecule has 0 unspecified atom stereocenters. The van der Waals surface area contributed by atoms with E-state index in [-0.39, 0.29) is 5.56 Å². The molecule has 1 aromatic heterocycles. The van der Waals surface area contributed by atoms with Gasteiger partial charge in [-0.3, -0.25) is 4.79 Å². The van der Waals surface area contributed by atoms with Crippen LogP contribution in [0.1, 0.15) is 37.0 Å². The van der Waals surface area contributed by atoms with Gasteiger partial charge in [0.25, 0.3) is 5.91 Å². The molecule has 1 heterocycles. The number of aromatic nitrogens is 2. The molecular formula is C14H16FN3O2. The molecule has 0 aliphatic rings. The third-order valence-electron chi connectivity index (χ3n) is 2.49. The third kappa shape index (κ3) is 3.20. The molecule has 1 aromatic carbocycles.